The fourth-order valence-corrected chi connectivity index (χ4v) is 2.04. The molecular weight excluding hydrogens is 186 g/mol. The van der Waals surface area contributed by atoms with Crippen LogP contribution < -0.4 is 5.73 Å². The van der Waals surface area contributed by atoms with Crippen LogP contribution in [0.2, 0.25) is 0 Å². The van der Waals surface area contributed by atoms with Crippen molar-refractivity contribution in [1.29, 1.82) is 0 Å². The number of nitrogens with two attached hydrogens (primary N) is 1. The number of alkyl halides is 2. The van der Waals surface area contributed by atoms with Crippen molar-refractivity contribution in [2.24, 2.45) is 5.73 Å². The van der Waals surface area contributed by atoms with Crippen molar-refractivity contribution in [3.05, 3.63) is 30.1 Å². The van der Waals surface area contributed by atoms with E-state index in [1.807, 2.05) is 0 Å². The van der Waals surface area contributed by atoms with Crippen LogP contribution in [0, 0.1) is 0 Å². The monoisotopic (exact) mass is 198 g/mol. The van der Waals surface area contributed by atoms with Crippen LogP contribution in [-0.4, -0.2) is 17.5 Å². The quantitative estimate of drug-likeness (QED) is 0.785. The molecule has 1 aliphatic carbocycles. The van der Waals surface area contributed by atoms with Crippen molar-refractivity contribution in [2.75, 3.05) is 6.54 Å². The van der Waals surface area contributed by atoms with Crippen molar-refractivity contribution >= 4 is 0 Å². The molecule has 0 amide bonds. The Kier molecular flexibility index (Phi) is 2.03. The van der Waals surface area contributed by atoms with Gasteiger partial charge in [-0.1, -0.05) is 6.07 Å². The van der Waals surface area contributed by atoms with Gasteiger partial charge in [0.05, 0.1) is 0 Å². The topological polar surface area (TPSA) is 38.9 Å². The van der Waals surface area contributed by atoms with Crippen LogP contribution in [0.4, 0.5) is 8.78 Å². The first-order valence-electron chi connectivity index (χ1n) is 4.57. The Labute approximate surface area is 81.1 Å². The molecule has 76 valence electrons. The Morgan fingerprint density at radius 2 is 2.07 bits per heavy atom. The number of pyridine rings is 1. The summed E-state index contributed by atoms with van der Waals surface area (Å²) >= 11 is 0. The first kappa shape index (κ1) is 9.52. The lowest BCUT2D eigenvalue weighted by Gasteiger charge is -2.46. The summed E-state index contributed by atoms with van der Waals surface area (Å²) in [6.45, 7) is 0.236. The minimum Gasteiger partial charge on any atom is -0.330 e. The number of rotatable bonds is 2. The molecule has 1 saturated carbocycles. The molecule has 1 aliphatic rings. The van der Waals surface area contributed by atoms with Crippen LogP contribution in [0.25, 0.3) is 0 Å². The van der Waals surface area contributed by atoms with Gasteiger partial charge in [0, 0.05) is 36.7 Å². The fourth-order valence-electron chi connectivity index (χ4n) is 2.04. The lowest BCUT2D eigenvalue weighted by atomic mass is 9.64. The zero-order chi connectivity index (χ0) is 10.2. The van der Waals surface area contributed by atoms with E-state index in [1.165, 1.54) is 0 Å². The predicted molar refractivity (Wildman–Crippen MR) is 49.2 cm³/mol. The van der Waals surface area contributed by atoms with Crippen molar-refractivity contribution < 1.29 is 8.78 Å². The van der Waals surface area contributed by atoms with Gasteiger partial charge in [-0.25, -0.2) is 8.78 Å². The average Bonchev–Trinajstić information content (AvgIpc) is 2.15. The summed E-state index contributed by atoms with van der Waals surface area (Å²) in [4.78, 5) is 4.10. The van der Waals surface area contributed by atoms with Gasteiger partial charge in [-0.2, -0.15) is 0 Å². The minimum atomic E-state index is -2.56. The summed E-state index contributed by atoms with van der Waals surface area (Å²) in [5.41, 5.74) is 5.64. The van der Waals surface area contributed by atoms with Crippen molar-refractivity contribution in [1.82, 2.24) is 4.98 Å². The van der Waals surface area contributed by atoms with E-state index in [2.05, 4.69) is 4.98 Å². The van der Waals surface area contributed by atoms with Crippen molar-refractivity contribution in [3.8, 4) is 0 Å². The van der Waals surface area contributed by atoms with Crippen LogP contribution in [0.1, 0.15) is 18.5 Å². The van der Waals surface area contributed by atoms with E-state index in [1.54, 1.807) is 24.4 Å². The molecule has 0 unspecified atom stereocenters. The predicted octanol–water partition coefficient (Wildman–Crippen LogP) is 1.71. The Morgan fingerprint density at radius 1 is 1.36 bits per heavy atom. The molecule has 1 fully saturated rings. The average molecular weight is 198 g/mol. The first-order valence-corrected chi connectivity index (χ1v) is 4.57. The fraction of sp³-hybridized carbons (Fsp3) is 0.500. The molecule has 4 heteroatoms. The highest BCUT2D eigenvalue weighted by atomic mass is 19.3. The SMILES string of the molecule is NCC1(c2ccccn2)CC(F)(F)C1. The largest absolute Gasteiger partial charge is 0.330 e. The second-order valence-corrected chi connectivity index (χ2v) is 3.91. The maximum atomic E-state index is 12.8. The van der Waals surface area contributed by atoms with Gasteiger partial charge < -0.3 is 5.73 Å². The van der Waals surface area contributed by atoms with Crippen molar-refractivity contribution in [2.45, 2.75) is 24.2 Å². The molecule has 14 heavy (non-hydrogen) atoms. The van der Waals surface area contributed by atoms with Gasteiger partial charge >= 0.3 is 0 Å². The van der Waals surface area contributed by atoms with E-state index >= 15 is 0 Å². The minimum absolute atomic E-state index is 0.173. The maximum Gasteiger partial charge on any atom is 0.250 e. The standard InChI is InChI=1S/C10H12F2N2/c11-10(12)5-9(6-10,7-13)8-3-1-2-4-14-8/h1-4H,5-7,13H2. The van der Waals surface area contributed by atoms with Gasteiger partial charge in [-0.15, -0.1) is 0 Å². The molecule has 0 radical (unpaired) electrons. The highest BCUT2D eigenvalue weighted by molar-refractivity contribution is 5.24. The number of hydrogen-bond donors (Lipinski definition) is 1. The van der Waals surface area contributed by atoms with E-state index < -0.39 is 11.3 Å². The second kappa shape index (κ2) is 2.98. The number of hydrogen-bond acceptors (Lipinski definition) is 2. The van der Waals surface area contributed by atoms with Gasteiger partial charge in [0.1, 0.15) is 0 Å². The van der Waals surface area contributed by atoms with Gasteiger partial charge in [0.25, 0.3) is 0 Å². The smallest absolute Gasteiger partial charge is 0.250 e. The van der Waals surface area contributed by atoms with Crippen LogP contribution >= 0.6 is 0 Å². The van der Waals surface area contributed by atoms with Crippen LogP contribution in [0.5, 0.6) is 0 Å². The van der Waals surface area contributed by atoms with E-state index in [0.717, 1.165) is 0 Å². The van der Waals surface area contributed by atoms with Gasteiger partial charge in [-0.3, -0.25) is 4.98 Å². The molecule has 1 aromatic heterocycles. The Hall–Kier alpha value is -1.03. The lowest BCUT2D eigenvalue weighted by molar-refractivity contribution is -0.125. The normalized spacial score (nSPS) is 22.8. The molecule has 0 aliphatic heterocycles. The molecule has 0 saturated heterocycles. The lowest BCUT2D eigenvalue weighted by Crippen LogP contribution is -2.54. The Morgan fingerprint density at radius 3 is 2.50 bits per heavy atom. The molecule has 2 N–H and O–H groups in total. The molecular formula is C10H12F2N2. The molecule has 1 aromatic rings. The third-order valence-electron chi connectivity index (χ3n) is 2.79. The van der Waals surface area contributed by atoms with E-state index in [-0.39, 0.29) is 19.4 Å². The van der Waals surface area contributed by atoms with Crippen molar-refractivity contribution in [3.63, 3.8) is 0 Å². The molecule has 0 bridgehead atoms. The number of aromatic nitrogens is 1. The second-order valence-electron chi connectivity index (χ2n) is 3.91. The summed E-state index contributed by atoms with van der Waals surface area (Å²) < 4.78 is 25.6. The summed E-state index contributed by atoms with van der Waals surface area (Å²) in [7, 11) is 0. The first-order chi connectivity index (χ1) is 6.58. The maximum absolute atomic E-state index is 12.8. The molecule has 0 atom stereocenters. The van der Waals surface area contributed by atoms with Crippen LogP contribution in [-0.2, 0) is 5.41 Å². The number of halogens is 2. The van der Waals surface area contributed by atoms with Gasteiger partial charge in [0.2, 0.25) is 5.92 Å². The van der Waals surface area contributed by atoms with Gasteiger partial charge in [-0.05, 0) is 12.1 Å². The van der Waals surface area contributed by atoms with Crippen LogP contribution in [0.15, 0.2) is 24.4 Å². The van der Waals surface area contributed by atoms with Crippen LogP contribution in [0.3, 0.4) is 0 Å². The van der Waals surface area contributed by atoms with Gasteiger partial charge in [0.15, 0.2) is 0 Å². The van der Waals surface area contributed by atoms with E-state index in [0.29, 0.717) is 5.69 Å². The summed E-state index contributed by atoms with van der Waals surface area (Å²) in [6.07, 6.45) is 1.27. The molecule has 0 spiro atoms. The summed E-state index contributed by atoms with van der Waals surface area (Å²) in [5.74, 6) is -2.56. The van der Waals surface area contributed by atoms with E-state index in [9.17, 15) is 8.78 Å². The third-order valence-corrected chi connectivity index (χ3v) is 2.79. The highest BCUT2D eigenvalue weighted by Gasteiger charge is 2.57. The third kappa shape index (κ3) is 1.39. The highest BCUT2D eigenvalue weighted by Crippen LogP contribution is 2.52. The van der Waals surface area contributed by atoms with E-state index in [4.69, 9.17) is 5.73 Å². The summed E-state index contributed by atoms with van der Waals surface area (Å²) in [6, 6.07) is 5.34. The molecule has 2 rings (SSSR count). The molecule has 1 heterocycles. The Bertz CT molecular complexity index is 316. The summed E-state index contributed by atoms with van der Waals surface area (Å²) in [5, 5.41) is 0. The zero-order valence-corrected chi connectivity index (χ0v) is 7.71. The molecule has 2 nitrogen and oxygen atoms in total. The molecule has 0 aromatic carbocycles. The number of nitrogens with zero attached hydrogens (tertiary/aromatic N) is 1. The Balaban J connectivity index is 2.25. The zero-order valence-electron chi connectivity index (χ0n) is 7.71.